The molecule has 0 atom stereocenters. The van der Waals surface area contributed by atoms with Crippen molar-refractivity contribution in [3.8, 4) is 0 Å². The lowest BCUT2D eigenvalue weighted by atomic mass is 10.1. The molecule has 0 bridgehead atoms. The maximum atomic E-state index is 13.7. The lowest BCUT2D eigenvalue weighted by Gasteiger charge is -2.34. The molecule has 0 aliphatic carbocycles. The lowest BCUT2D eigenvalue weighted by Crippen LogP contribution is -2.50. The van der Waals surface area contributed by atoms with E-state index >= 15 is 0 Å². The summed E-state index contributed by atoms with van der Waals surface area (Å²) in [6.07, 6.45) is 0.568. The summed E-state index contributed by atoms with van der Waals surface area (Å²) in [5, 5.41) is 2.27. The summed E-state index contributed by atoms with van der Waals surface area (Å²) in [5.41, 5.74) is 0.243. The average molecular weight is 381 g/mol. The fraction of sp³-hybridized carbons (Fsp3) is 0.316. The third-order valence-electron chi connectivity index (χ3n) is 4.59. The van der Waals surface area contributed by atoms with E-state index in [4.69, 9.17) is 0 Å². The third-order valence-corrected chi connectivity index (χ3v) is 4.59. The van der Waals surface area contributed by atoms with Crippen LogP contribution in [-0.2, 0) is 6.42 Å². The van der Waals surface area contributed by atoms with Crippen LogP contribution in [0.3, 0.4) is 0 Å². The first-order valence-electron chi connectivity index (χ1n) is 8.61. The molecule has 2 aromatic carbocycles. The van der Waals surface area contributed by atoms with Crippen molar-refractivity contribution in [3.63, 3.8) is 0 Å². The summed E-state index contributed by atoms with van der Waals surface area (Å²) in [7, 11) is 0. The Morgan fingerprint density at radius 2 is 1.59 bits per heavy atom. The number of nitrogens with one attached hydrogen (secondary N) is 1. The van der Waals surface area contributed by atoms with Gasteiger partial charge in [-0.15, -0.1) is 0 Å². The first kappa shape index (κ1) is 19.2. The SMILES string of the molecule is O=C(Nc1ccc(F)c(F)c1F)N1CCN(CCc2ccccc2F)CC1. The van der Waals surface area contributed by atoms with Gasteiger partial charge in [-0.05, 0) is 30.2 Å². The van der Waals surface area contributed by atoms with Gasteiger partial charge in [0, 0.05) is 32.7 Å². The largest absolute Gasteiger partial charge is 0.322 e. The van der Waals surface area contributed by atoms with Crippen molar-refractivity contribution < 1.29 is 22.4 Å². The molecule has 2 aromatic rings. The molecule has 0 aromatic heterocycles. The Morgan fingerprint density at radius 1 is 0.889 bits per heavy atom. The van der Waals surface area contributed by atoms with Gasteiger partial charge in [-0.3, -0.25) is 4.90 Å². The van der Waals surface area contributed by atoms with E-state index < -0.39 is 29.2 Å². The number of halogens is 4. The van der Waals surface area contributed by atoms with Crippen LogP contribution in [-0.4, -0.2) is 48.6 Å². The maximum Gasteiger partial charge on any atom is 0.322 e. The quantitative estimate of drug-likeness (QED) is 0.649. The van der Waals surface area contributed by atoms with Crippen molar-refractivity contribution in [2.24, 2.45) is 0 Å². The van der Waals surface area contributed by atoms with Gasteiger partial charge in [0.2, 0.25) is 0 Å². The van der Waals surface area contributed by atoms with Crippen molar-refractivity contribution in [1.29, 1.82) is 0 Å². The van der Waals surface area contributed by atoms with E-state index in [2.05, 4.69) is 10.2 Å². The highest BCUT2D eigenvalue weighted by molar-refractivity contribution is 5.89. The molecule has 2 amide bonds. The van der Waals surface area contributed by atoms with E-state index in [1.165, 1.54) is 11.0 Å². The Morgan fingerprint density at radius 3 is 2.30 bits per heavy atom. The topological polar surface area (TPSA) is 35.6 Å². The van der Waals surface area contributed by atoms with E-state index in [1.54, 1.807) is 18.2 Å². The Balaban J connectivity index is 1.49. The standard InChI is InChI=1S/C19H19F4N3O/c20-14-4-2-1-3-13(14)7-8-25-9-11-26(12-10-25)19(27)24-16-6-5-15(21)17(22)18(16)23/h1-6H,7-12H2,(H,24,27). The van der Waals surface area contributed by atoms with E-state index in [-0.39, 0.29) is 5.82 Å². The molecule has 0 unspecified atom stereocenters. The van der Waals surface area contributed by atoms with Gasteiger partial charge >= 0.3 is 6.03 Å². The molecular weight excluding hydrogens is 362 g/mol. The van der Waals surface area contributed by atoms with Gasteiger partial charge in [0.25, 0.3) is 0 Å². The van der Waals surface area contributed by atoms with Gasteiger partial charge in [-0.2, -0.15) is 0 Å². The molecule has 0 radical (unpaired) electrons. The summed E-state index contributed by atoms with van der Waals surface area (Å²) in [5.74, 6) is -4.59. The molecule has 144 valence electrons. The third kappa shape index (κ3) is 4.57. The predicted octanol–water partition coefficient (Wildman–Crippen LogP) is 3.64. The molecule has 1 N–H and O–H groups in total. The van der Waals surface area contributed by atoms with E-state index in [0.29, 0.717) is 44.7 Å². The normalized spacial score (nSPS) is 15.0. The summed E-state index contributed by atoms with van der Waals surface area (Å²) in [6, 6.07) is 7.77. The van der Waals surface area contributed by atoms with Crippen LogP contribution in [0.25, 0.3) is 0 Å². The number of rotatable bonds is 4. The molecule has 1 aliphatic heterocycles. The van der Waals surface area contributed by atoms with E-state index in [9.17, 15) is 22.4 Å². The monoisotopic (exact) mass is 381 g/mol. The number of hydrogen-bond acceptors (Lipinski definition) is 2. The minimum absolute atomic E-state index is 0.232. The second-order valence-corrected chi connectivity index (χ2v) is 6.32. The minimum atomic E-state index is -1.62. The van der Waals surface area contributed by atoms with Crippen LogP contribution >= 0.6 is 0 Å². The summed E-state index contributed by atoms with van der Waals surface area (Å²) < 4.78 is 53.5. The Bertz CT molecular complexity index is 823. The number of benzene rings is 2. The summed E-state index contributed by atoms with van der Waals surface area (Å²) in [6.45, 7) is 2.63. The molecule has 0 saturated carbocycles. The Kier molecular flexibility index (Phi) is 5.95. The first-order valence-corrected chi connectivity index (χ1v) is 8.61. The van der Waals surface area contributed by atoms with Crippen molar-refractivity contribution in [2.45, 2.75) is 6.42 Å². The van der Waals surface area contributed by atoms with Crippen molar-refractivity contribution in [3.05, 3.63) is 65.2 Å². The number of urea groups is 1. The number of piperazine rings is 1. The van der Waals surface area contributed by atoms with Crippen molar-refractivity contribution >= 4 is 11.7 Å². The van der Waals surface area contributed by atoms with Gasteiger partial charge in [0.15, 0.2) is 17.5 Å². The number of carbonyl (C=O) groups is 1. The number of nitrogens with zero attached hydrogens (tertiary/aromatic N) is 2. The van der Waals surface area contributed by atoms with Gasteiger partial charge < -0.3 is 10.2 Å². The molecule has 1 aliphatic rings. The molecule has 0 spiro atoms. The number of carbonyl (C=O) groups excluding carboxylic acids is 1. The average Bonchev–Trinajstić information content (AvgIpc) is 2.68. The van der Waals surface area contributed by atoms with Crippen LogP contribution in [0.2, 0.25) is 0 Å². The highest BCUT2D eigenvalue weighted by Gasteiger charge is 2.23. The summed E-state index contributed by atoms with van der Waals surface area (Å²) in [4.78, 5) is 15.8. The number of amides is 2. The van der Waals surface area contributed by atoms with Crippen LogP contribution in [0.5, 0.6) is 0 Å². The van der Waals surface area contributed by atoms with Crippen molar-refractivity contribution in [1.82, 2.24) is 9.80 Å². The highest BCUT2D eigenvalue weighted by Crippen LogP contribution is 2.20. The number of hydrogen-bond donors (Lipinski definition) is 1. The predicted molar refractivity (Wildman–Crippen MR) is 93.5 cm³/mol. The van der Waals surface area contributed by atoms with Crippen molar-refractivity contribution in [2.75, 3.05) is 38.0 Å². The van der Waals surface area contributed by atoms with E-state index in [0.717, 1.165) is 12.1 Å². The lowest BCUT2D eigenvalue weighted by molar-refractivity contribution is 0.148. The fourth-order valence-corrected chi connectivity index (χ4v) is 2.97. The maximum absolute atomic E-state index is 13.7. The highest BCUT2D eigenvalue weighted by atomic mass is 19.2. The molecule has 27 heavy (non-hydrogen) atoms. The Labute approximate surface area is 154 Å². The first-order chi connectivity index (χ1) is 13.0. The zero-order valence-corrected chi connectivity index (χ0v) is 14.5. The number of anilines is 1. The smallest absolute Gasteiger partial charge is 0.322 e. The van der Waals surface area contributed by atoms with Crippen LogP contribution in [0.1, 0.15) is 5.56 Å². The second kappa shape index (κ2) is 8.39. The van der Waals surface area contributed by atoms with Crippen LogP contribution < -0.4 is 5.32 Å². The molecule has 8 heteroatoms. The van der Waals surface area contributed by atoms with Crippen LogP contribution in [0.15, 0.2) is 36.4 Å². The molecule has 3 rings (SSSR count). The molecular formula is C19H19F4N3O. The van der Waals surface area contributed by atoms with Gasteiger partial charge in [0.1, 0.15) is 5.82 Å². The van der Waals surface area contributed by atoms with E-state index in [1.807, 2.05) is 0 Å². The minimum Gasteiger partial charge on any atom is -0.322 e. The van der Waals surface area contributed by atoms with Gasteiger partial charge in [-0.1, -0.05) is 18.2 Å². The second-order valence-electron chi connectivity index (χ2n) is 6.32. The van der Waals surface area contributed by atoms with Gasteiger partial charge in [0.05, 0.1) is 5.69 Å². The molecule has 1 saturated heterocycles. The zero-order valence-electron chi connectivity index (χ0n) is 14.5. The van der Waals surface area contributed by atoms with Crippen LogP contribution in [0.4, 0.5) is 28.0 Å². The molecule has 4 nitrogen and oxygen atoms in total. The summed E-state index contributed by atoms with van der Waals surface area (Å²) >= 11 is 0. The molecule has 1 heterocycles. The fourth-order valence-electron chi connectivity index (χ4n) is 2.97. The van der Waals surface area contributed by atoms with Crippen LogP contribution in [0, 0.1) is 23.3 Å². The zero-order chi connectivity index (χ0) is 19.4. The Hall–Kier alpha value is -2.61. The molecule has 1 fully saturated rings. The van der Waals surface area contributed by atoms with Gasteiger partial charge in [-0.25, -0.2) is 22.4 Å².